The molecule has 0 amide bonds. The molecule has 1 aliphatic carbocycles. The van der Waals surface area contributed by atoms with Crippen molar-refractivity contribution in [2.75, 3.05) is 14.2 Å². The average Bonchev–Trinajstić information content (AvgIpc) is 2.68. The van der Waals surface area contributed by atoms with Crippen molar-refractivity contribution in [2.24, 2.45) is 0 Å². The van der Waals surface area contributed by atoms with E-state index in [0.29, 0.717) is 17.6 Å². The number of fused-ring (bicyclic) bond motifs is 2. The van der Waals surface area contributed by atoms with Crippen LogP contribution in [0.15, 0.2) is 36.1 Å². The van der Waals surface area contributed by atoms with Gasteiger partial charge in [-0.1, -0.05) is 19.1 Å². The van der Waals surface area contributed by atoms with E-state index < -0.39 is 0 Å². The van der Waals surface area contributed by atoms with E-state index >= 15 is 0 Å². The minimum Gasteiger partial charge on any atom is -0.507 e. The third kappa shape index (κ3) is 2.98. The number of benzene rings is 3. The lowest BCUT2D eigenvalue weighted by Gasteiger charge is -2.30. The van der Waals surface area contributed by atoms with Crippen molar-refractivity contribution >= 4 is 16.3 Å². The number of aryl methyl sites for hydroxylation is 3. The molecule has 2 N–H and O–H groups in total. The maximum atomic E-state index is 11.0. The summed E-state index contributed by atoms with van der Waals surface area (Å²) in [6.07, 6.45) is 0.701. The van der Waals surface area contributed by atoms with Crippen molar-refractivity contribution < 1.29 is 19.7 Å². The number of methoxy groups -OCH3 is 2. The molecule has 0 saturated heterocycles. The van der Waals surface area contributed by atoms with Crippen molar-refractivity contribution in [3.05, 3.63) is 69.5 Å². The van der Waals surface area contributed by atoms with Crippen molar-refractivity contribution in [1.82, 2.24) is 0 Å². The van der Waals surface area contributed by atoms with Gasteiger partial charge in [-0.3, -0.25) is 0 Å². The number of aromatic hydroxyl groups is 2. The Morgan fingerprint density at radius 2 is 1.50 bits per heavy atom. The predicted molar refractivity (Wildman–Crippen MR) is 121 cm³/mol. The number of hydrogen-bond acceptors (Lipinski definition) is 4. The van der Waals surface area contributed by atoms with E-state index in [4.69, 9.17) is 9.47 Å². The van der Waals surface area contributed by atoms with Crippen LogP contribution in [-0.2, 0) is 4.74 Å². The zero-order chi connectivity index (χ0) is 21.7. The first kappa shape index (κ1) is 20.1. The first-order valence-electron chi connectivity index (χ1n) is 10.2. The van der Waals surface area contributed by atoms with Gasteiger partial charge in [0.15, 0.2) is 0 Å². The highest BCUT2D eigenvalue weighted by Gasteiger charge is 2.32. The maximum absolute atomic E-state index is 11.0. The van der Waals surface area contributed by atoms with Crippen LogP contribution in [0.1, 0.15) is 52.6 Å². The van der Waals surface area contributed by atoms with Crippen LogP contribution in [0.5, 0.6) is 17.2 Å². The summed E-state index contributed by atoms with van der Waals surface area (Å²) in [5.41, 5.74) is 6.37. The Morgan fingerprint density at radius 1 is 0.833 bits per heavy atom. The second-order valence-corrected chi connectivity index (χ2v) is 8.33. The number of ether oxygens (including phenoxy) is 2. The first-order chi connectivity index (χ1) is 14.3. The predicted octanol–water partition coefficient (Wildman–Crippen LogP) is 6.10. The van der Waals surface area contributed by atoms with Gasteiger partial charge in [-0.25, -0.2) is 0 Å². The van der Waals surface area contributed by atoms with Gasteiger partial charge >= 0.3 is 0 Å². The number of hydrogen-bond donors (Lipinski definition) is 2. The van der Waals surface area contributed by atoms with Gasteiger partial charge in [0.25, 0.3) is 0 Å². The van der Waals surface area contributed by atoms with Gasteiger partial charge in [-0.15, -0.1) is 0 Å². The fraction of sp³-hybridized carbons (Fsp3) is 0.308. The molecule has 0 aliphatic heterocycles. The monoisotopic (exact) mass is 404 g/mol. The van der Waals surface area contributed by atoms with E-state index in [1.807, 2.05) is 26.8 Å². The molecule has 0 bridgehead atoms. The molecular weight excluding hydrogens is 376 g/mol. The van der Waals surface area contributed by atoms with Crippen LogP contribution >= 0.6 is 0 Å². The van der Waals surface area contributed by atoms with Crippen molar-refractivity contribution in [1.29, 1.82) is 0 Å². The molecule has 0 spiro atoms. The largest absolute Gasteiger partial charge is 0.507 e. The van der Waals surface area contributed by atoms with Crippen LogP contribution in [0.2, 0.25) is 0 Å². The molecule has 0 saturated carbocycles. The highest BCUT2D eigenvalue weighted by Crippen LogP contribution is 2.51. The number of phenols is 2. The zero-order valence-electron chi connectivity index (χ0n) is 18.4. The van der Waals surface area contributed by atoms with Crippen LogP contribution in [0.4, 0.5) is 0 Å². The Morgan fingerprint density at radius 3 is 2.17 bits per heavy atom. The minimum absolute atomic E-state index is 0.191. The summed E-state index contributed by atoms with van der Waals surface area (Å²) < 4.78 is 11.6. The van der Waals surface area contributed by atoms with E-state index in [-0.39, 0.29) is 17.4 Å². The Labute approximate surface area is 177 Å². The quantitative estimate of drug-likeness (QED) is 0.554. The molecule has 4 rings (SSSR count). The van der Waals surface area contributed by atoms with Gasteiger partial charge in [0.05, 0.1) is 14.2 Å². The molecule has 4 nitrogen and oxygen atoms in total. The molecule has 4 heteroatoms. The summed E-state index contributed by atoms with van der Waals surface area (Å²) in [5.74, 6) is 2.02. The summed E-state index contributed by atoms with van der Waals surface area (Å²) in [5, 5.41) is 23.7. The van der Waals surface area contributed by atoms with E-state index in [1.54, 1.807) is 26.4 Å². The smallest absolute Gasteiger partial charge is 0.127 e. The topological polar surface area (TPSA) is 58.9 Å². The number of phenolic OH excluding ortho intramolecular Hbond substituents is 2. The third-order valence-electron chi connectivity index (χ3n) is 6.09. The SMILES string of the molecule is COC1=C(c2c(OC)cc(C)c3cc(C)cc(O)c23)c2c(O)cc(C)cc2C(C)C1. The second kappa shape index (κ2) is 7.28. The van der Waals surface area contributed by atoms with Gasteiger partial charge < -0.3 is 19.7 Å². The lowest BCUT2D eigenvalue weighted by Crippen LogP contribution is -2.13. The summed E-state index contributed by atoms with van der Waals surface area (Å²) in [6, 6.07) is 9.72. The molecule has 0 aromatic heterocycles. The normalized spacial score (nSPS) is 16.0. The molecule has 1 aliphatic rings. The minimum atomic E-state index is 0.191. The first-order valence-corrected chi connectivity index (χ1v) is 10.2. The molecule has 0 heterocycles. The highest BCUT2D eigenvalue weighted by molar-refractivity contribution is 6.06. The Hall–Kier alpha value is -3.14. The van der Waals surface area contributed by atoms with E-state index in [2.05, 4.69) is 19.1 Å². The number of allylic oxidation sites excluding steroid dienone is 1. The standard InChI is InChI=1S/C26H28O4/c1-13-7-17-15(3)11-21(29-5)25(23(17)19(27)9-13)26-22(30-6)12-16(4)18-8-14(2)10-20(28)24(18)26/h7-11,16,27-28H,12H2,1-6H3. The molecular formula is C26H28O4. The molecule has 3 aromatic carbocycles. The van der Waals surface area contributed by atoms with E-state index in [9.17, 15) is 10.2 Å². The van der Waals surface area contributed by atoms with Crippen molar-refractivity contribution in [3.8, 4) is 17.2 Å². The lowest BCUT2D eigenvalue weighted by atomic mass is 9.77. The Balaban J connectivity index is 2.21. The summed E-state index contributed by atoms with van der Waals surface area (Å²) in [4.78, 5) is 0. The van der Waals surface area contributed by atoms with Gasteiger partial charge in [-0.05, 0) is 72.5 Å². The van der Waals surface area contributed by atoms with Crippen LogP contribution in [0.25, 0.3) is 16.3 Å². The van der Waals surface area contributed by atoms with Crippen LogP contribution in [0, 0.1) is 20.8 Å². The highest BCUT2D eigenvalue weighted by atomic mass is 16.5. The molecule has 156 valence electrons. The fourth-order valence-electron chi connectivity index (χ4n) is 4.76. The Kier molecular flexibility index (Phi) is 4.89. The van der Waals surface area contributed by atoms with Gasteiger partial charge in [0.1, 0.15) is 23.0 Å². The second-order valence-electron chi connectivity index (χ2n) is 8.33. The number of rotatable bonds is 3. The van der Waals surface area contributed by atoms with Crippen LogP contribution in [0.3, 0.4) is 0 Å². The fourth-order valence-corrected chi connectivity index (χ4v) is 4.76. The van der Waals surface area contributed by atoms with Gasteiger partial charge in [0.2, 0.25) is 0 Å². The Bertz CT molecular complexity index is 1200. The van der Waals surface area contributed by atoms with Crippen LogP contribution in [-0.4, -0.2) is 24.4 Å². The summed E-state index contributed by atoms with van der Waals surface area (Å²) in [6.45, 7) is 8.10. The molecule has 3 aromatic rings. The molecule has 1 unspecified atom stereocenters. The lowest BCUT2D eigenvalue weighted by molar-refractivity contribution is 0.271. The van der Waals surface area contributed by atoms with E-state index in [1.165, 1.54) is 0 Å². The summed E-state index contributed by atoms with van der Waals surface area (Å²) in [7, 11) is 3.29. The van der Waals surface area contributed by atoms with Gasteiger partial charge in [-0.2, -0.15) is 0 Å². The zero-order valence-corrected chi connectivity index (χ0v) is 18.4. The third-order valence-corrected chi connectivity index (χ3v) is 6.09. The van der Waals surface area contributed by atoms with Crippen LogP contribution < -0.4 is 4.74 Å². The molecule has 0 fully saturated rings. The van der Waals surface area contributed by atoms with Gasteiger partial charge in [0, 0.05) is 28.5 Å². The van der Waals surface area contributed by atoms with Crippen molar-refractivity contribution in [2.45, 2.75) is 40.0 Å². The van der Waals surface area contributed by atoms with E-state index in [0.717, 1.165) is 50.1 Å². The molecule has 1 atom stereocenters. The maximum Gasteiger partial charge on any atom is 0.127 e. The molecule has 0 radical (unpaired) electrons. The molecule has 30 heavy (non-hydrogen) atoms. The average molecular weight is 405 g/mol. The van der Waals surface area contributed by atoms with Crippen molar-refractivity contribution in [3.63, 3.8) is 0 Å². The summed E-state index contributed by atoms with van der Waals surface area (Å²) >= 11 is 0.